The third-order valence-corrected chi connectivity index (χ3v) is 6.46. The summed E-state index contributed by atoms with van der Waals surface area (Å²) in [4.78, 5) is 26.3. The molecule has 1 amide bonds. The highest BCUT2D eigenvalue weighted by atomic mass is 32.1. The number of hydrogen-bond donors (Lipinski definition) is 2. The van der Waals surface area contributed by atoms with Crippen LogP contribution in [-0.2, 0) is 22.4 Å². The van der Waals surface area contributed by atoms with Crippen LogP contribution >= 0.6 is 11.3 Å². The first-order valence-electron chi connectivity index (χ1n) is 9.82. The minimum absolute atomic E-state index is 0.144. The molecule has 28 heavy (non-hydrogen) atoms. The smallest absolute Gasteiger partial charge is 0.341 e. The largest absolute Gasteiger partial charge is 0.462 e. The quantitative estimate of drug-likeness (QED) is 0.689. The van der Waals surface area contributed by atoms with Crippen LogP contribution in [-0.4, -0.2) is 25.0 Å². The van der Waals surface area contributed by atoms with Crippen LogP contribution in [0.1, 0.15) is 52.2 Å². The fourth-order valence-corrected chi connectivity index (χ4v) is 4.96. The zero-order valence-electron chi connectivity index (χ0n) is 17.0. The fraction of sp³-hybridized carbons (Fsp3) is 0.455. The Morgan fingerprint density at radius 3 is 2.82 bits per heavy atom. The van der Waals surface area contributed by atoms with Crippen molar-refractivity contribution in [3.63, 3.8) is 0 Å². The molecule has 1 heterocycles. The van der Waals surface area contributed by atoms with Gasteiger partial charge in [-0.05, 0) is 68.7 Å². The Kier molecular flexibility index (Phi) is 6.39. The predicted octanol–water partition coefficient (Wildman–Crippen LogP) is 4.72. The normalized spacial score (nSPS) is 15.6. The van der Waals surface area contributed by atoms with Crippen molar-refractivity contribution in [3.8, 4) is 0 Å². The molecule has 0 saturated carbocycles. The number of aryl methyl sites for hydroxylation is 1. The summed E-state index contributed by atoms with van der Waals surface area (Å²) in [5.41, 5.74) is 4.85. The lowest BCUT2D eigenvalue weighted by Crippen LogP contribution is -2.23. The second-order valence-corrected chi connectivity index (χ2v) is 8.53. The molecule has 5 nitrogen and oxygen atoms in total. The van der Waals surface area contributed by atoms with Crippen molar-refractivity contribution in [1.29, 1.82) is 0 Å². The van der Waals surface area contributed by atoms with E-state index in [1.807, 2.05) is 32.0 Å². The first kappa shape index (κ1) is 20.4. The Morgan fingerprint density at radius 1 is 1.29 bits per heavy atom. The van der Waals surface area contributed by atoms with Crippen molar-refractivity contribution in [1.82, 2.24) is 0 Å². The van der Waals surface area contributed by atoms with Crippen LogP contribution in [0.4, 0.5) is 10.7 Å². The highest BCUT2D eigenvalue weighted by Crippen LogP contribution is 2.40. The number of rotatable bonds is 6. The number of benzene rings is 1. The molecule has 1 aromatic heterocycles. The number of hydrogen-bond acceptors (Lipinski definition) is 5. The number of carbonyl (C=O) groups is 2. The average Bonchev–Trinajstić information content (AvgIpc) is 2.99. The molecule has 0 fully saturated rings. The zero-order valence-corrected chi connectivity index (χ0v) is 17.8. The Morgan fingerprint density at radius 2 is 2.07 bits per heavy atom. The Hall–Kier alpha value is -2.34. The maximum Gasteiger partial charge on any atom is 0.341 e. The first-order valence-corrected chi connectivity index (χ1v) is 10.6. The summed E-state index contributed by atoms with van der Waals surface area (Å²) >= 11 is 1.51. The minimum atomic E-state index is -0.340. The molecule has 0 bridgehead atoms. The van der Waals surface area contributed by atoms with E-state index in [0.29, 0.717) is 23.1 Å². The summed E-state index contributed by atoms with van der Waals surface area (Å²) in [6.45, 7) is 8.56. The summed E-state index contributed by atoms with van der Waals surface area (Å²) in [5.74, 6) is 0.0844. The van der Waals surface area contributed by atoms with Crippen LogP contribution < -0.4 is 10.6 Å². The fourth-order valence-electron chi connectivity index (χ4n) is 3.55. The van der Waals surface area contributed by atoms with E-state index in [9.17, 15) is 9.59 Å². The summed E-state index contributed by atoms with van der Waals surface area (Å²) in [6, 6.07) is 5.98. The van der Waals surface area contributed by atoms with Gasteiger partial charge in [-0.3, -0.25) is 4.79 Å². The molecule has 0 saturated heterocycles. The summed E-state index contributed by atoms with van der Waals surface area (Å²) in [5, 5.41) is 6.75. The van der Waals surface area contributed by atoms with Crippen LogP contribution in [0.25, 0.3) is 0 Å². The number of nitrogens with one attached hydrogen (secondary N) is 2. The van der Waals surface area contributed by atoms with Gasteiger partial charge in [0, 0.05) is 10.6 Å². The highest BCUT2D eigenvalue weighted by molar-refractivity contribution is 7.17. The standard InChI is InChI=1S/C22H28N2O3S/c1-5-27-22(26)20-16-10-9-13(2)11-18(16)28-21(20)24-19(25)12-23-17-8-6-7-14(3)15(17)4/h6-8,13,23H,5,9-12H2,1-4H3,(H,24,25). The maximum atomic E-state index is 12.6. The van der Waals surface area contributed by atoms with E-state index in [0.717, 1.165) is 36.1 Å². The van der Waals surface area contributed by atoms with Gasteiger partial charge in [0.1, 0.15) is 5.00 Å². The van der Waals surface area contributed by atoms with Gasteiger partial charge >= 0.3 is 5.97 Å². The third kappa shape index (κ3) is 4.38. The summed E-state index contributed by atoms with van der Waals surface area (Å²) < 4.78 is 5.26. The number of anilines is 2. The van der Waals surface area contributed by atoms with E-state index in [2.05, 4.69) is 17.6 Å². The van der Waals surface area contributed by atoms with E-state index in [1.165, 1.54) is 21.8 Å². The van der Waals surface area contributed by atoms with Crippen LogP contribution in [0.3, 0.4) is 0 Å². The lowest BCUT2D eigenvalue weighted by molar-refractivity contribution is -0.114. The molecular weight excluding hydrogens is 372 g/mol. The summed E-state index contributed by atoms with van der Waals surface area (Å²) in [7, 11) is 0. The van der Waals surface area contributed by atoms with E-state index < -0.39 is 0 Å². The molecule has 1 unspecified atom stereocenters. The second-order valence-electron chi connectivity index (χ2n) is 7.43. The van der Waals surface area contributed by atoms with Gasteiger partial charge in [0.25, 0.3) is 0 Å². The molecule has 1 aliphatic carbocycles. The molecule has 6 heteroatoms. The third-order valence-electron chi connectivity index (χ3n) is 5.29. The molecule has 1 aromatic carbocycles. The van der Waals surface area contributed by atoms with E-state index in [4.69, 9.17) is 4.74 Å². The Labute approximate surface area is 170 Å². The number of thiophene rings is 1. The molecule has 2 N–H and O–H groups in total. The van der Waals surface area contributed by atoms with Crippen LogP contribution in [0.5, 0.6) is 0 Å². The lowest BCUT2D eigenvalue weighted by atomic mass is 9.88. The van der Waals surface area contributed by atoms with Crippen LogP contribution in [0.2, 0.25) is 0 Å². The van der Waals surface area contributed by atoms with Gasteiger partial charge in [-0.15, -0.1) is 11.3 Å². The highest BCUT2D eigenvalue weighted by Gasteiger charge is 2.29. The predicted molar refractivity (Wildman–Crippen MR) is 114 cm³/mol. The lowest BCUT2D eigenvalue weighted by Gasteiger charge is -2.18. The molecule has 2 aromatic rings. The Bertz CT molecular complexity index is 888. The topological polar surface area (TPSA) is 67.4 Å². The number of amides is 1. The molecule has 1 atom stereocenters. The van der Waals surface area contributed by atoms with Crippen LogP contribution in [0, 0.1) is 19.8 Å². The average molecular weight is 401 g/mol. The van der Waals surface area contributed by atoms with E-state index >= 15 is 0 Å². The van der Waals surface area contributed by atoms with Gasteiger partial charge in [0.2, 0.25) is 5.91 Å². The molecule has 150 valence electrons. The van der Waals surface area contributed by atoms with Gasteiger partial charge < -0.3 is 15.4 Å². The molecule has 0 spiro atoms. The first-order chi connectivity index (χ1) is 13.4. The van der Waals surface area contributed by atoms with Gasteiger partial charge in [0.15, 0.2) is 0 Å². The monoisotopic (exact) mass is 400 g/mol. The van der Waals surface area contributed by atoms with Gasteiger partial charge in [-0.1, -0.05) is 19.1 Å². The van der Waals surface area contributed by atoms with Crippen molar-refractivity contribution in [3.05, 3.63) is 45.3 Å². The van der Waals surface area contributed by atoms with Crippen molar-refractivity contribution in [2.75, 3.05) is 23.8 Å². The SMILES string of the molecule is CCOC(=O)c1c(NC(=O)CNc2cccc(C)c2C)sc2c1CCC(C)C2. The molecule has 3 rings (SSSR count). The molecular formula is C22H28N2O3S. The van der Waals surface area contributed by atoms with Gasteiger partial charge in [-0.2, -0.15) is 0 Å². The number of fused-ring (bicyclic) bond motifs is 1. The molecule has 0 radical (unpaired) electrons. The van der Waals surface area contributed by atoms with Crippen molar-refractivity contribution >= 4 is 33.9 Å². The van der Waals surface area contributed by atoms with E-state index in [1.54, 1.807) is 6.92 Å². The van der Waals surface area contributed by atoms with Crippen molar-refractivity contribution in [2.24, 2.45) is 5.92 Å². The molecule has 1 aliphatic rings. The number of esters is 1. The number of carbonyl (C=O) groups excluding carboxylic acids is 2. The second kappa shape index (κ2) is 8.78. The van der Waals surface area contributed by atoms with Crippen molar-refractivity contribution < 1.29 is 14.3 Å². The van der Waals surface area contributed by atoms with Crippen molar-refractivity contribution in [2.45, 2.75) is 47.0 Å². The molecule has 0 aliphatic heterocycles. The zero-order chi connectivity index (χ0) is 20.3. The number of ether oxygens (including phenoxy) is 1. The van der Waals surface area contributed by atoms with Crippen LogP contribution in [0.15, 0.2) is 18.2 Å². The Balaban J connectivity index is 1.76. The van der Waals surface area contributed by atoms with Gasteiger partial charge in [-0.25, -0.2) is 4.79 Å². The summed E-state index contributed by atoms with van der Waals surface area (Å²) in [6.07, 6.45) is 2.86. The minimum Gasteiger partial charge on any atom is -0.462 e. The maximum absolute atomic E-state index is 12.6. The van der Waals surface area contributed by atoms with Gasteiger partial charge in [0.05, 0.1) is 18.7 Å². The van der Waals surface area contributed by atoms with E-state index in [-0.39, 0.29) is 18.4 Å².